The molecule has 1 aliphatic heterocycles. The summed E-state index contributed by atoms with van der Waals surface area (Å²) in [6.45, 7) is 4.19. The van der Waals surface area contributed by atoms with E-state index in [1.165, 1.54) is 0 Å². The maximum atomic E-state index is 12.3. The Balaban J connectivity index is 1.48. The molecule has 1 saturated heterocycles. The Morgan fingerprint density at radius 2 is 2.00 bits per heavy atom. The lowest BCUT2D eigenvalue weighted by Crippen LogP contribution is -2.37. The van der Waals surface area contributed by atoms with Crippen LogP contribution in [0.25, 0.3) is 0 Å². The number of amides is 1. The van der Waals surface area contributed by atoms with Crippen molar-refractivity contribution in [2.75, 3.05) is 18.4 Å². The molecule has 0 unspecified atom stereocenters. The van der Waals surface area contributed by atoms with Gasteiger partial charge in [-0.2, -0.15) is 0 Å². The van der Waals surface area contributed by atoms with Crippen LogP contribution in [-0.2, 0) is 11.3 Å². The van der Waals surface area contributed by atoms with E-state index in [4.69, 9.17) is 4.42 Å². The Hall–Kier alpha value is -2.21. The van der Waals surface area contributed by atoms with Crippen molar-refractivity contribution in [3.05, 3.63) is 42.1 Å². The van der Waals surface area contributed by atoms with Gasteiger partial charge in [0, 0.05) is 18.5 Å². The molecule has 2 aromatic rings. The average Bonchev–Trinajstić information content (AvgIpc) is 2.94. The van der Waals surface area contributed by atoms with Crippen molar-refractivity contribution in [3.63, 3.8) is 0 Å². The zero-order chi connectivity index (χ0) is 15.4. The summed E-state index contributed by atoms with van der Waals surface area (Å²) in [5.74, 6) is 1.41. The van der Waals surface area contributed by atoms with Gasteiger partial charge in [-0.25, -0.2) is 0 Å². The number of para-hydroxylation sites is 1. The van der Waals surface area contributed by atoms with Crippen LogP contribution in [0.3, 0.4) is 0 Å². The number of likely N-dealkylation sites (tertiary alicyclic amines) is 1. The number of hydrogen-bond donors (Lipinski definition) is 1. The number of carbonyl (C=O) groups is 1. The van der Waals surface area contributed by atoms with Crippen molar-refractivity contribution in [1.82, 2.24) is 15.1 Å². The van der Waals surface area contributed by atoms with Crippen LogP contribution in [0, 0.1) is 12.8 Å². The summed E-state index contributed by atoms with van der Waals surface area (Å²) in [6, 6.07) is 9.60. The molecule has 0 atom stereocenters. The quantitative estimate of drug-likeness (QED) is 0.937. The molecule has 0 radical (unpaired) electrons. The minimum Gasteiger partial charge on any atom is -0.424 e. The van der Waals surface area contributed by atoms with Crippen molar-refractivity contribution in [2.45, 2.75) is 26.3 Å². The number of carbonyl (C=O) groups excluding carboxylic acids is 1. The smallest absolute Gasteiger partial charge is 0.230 e. The lowest BCUT2D eigenvalue weighted by molar-refractivity contribution is -0.121. The van der Waals surface area contributed by atoms with E-state index in [2.05, 4.69) is 20.4 Å². The van der Waals surface area contributed by atoms with Gasteiger partial charge in [-0.3, -0.25) is 9.69 Å². The number of piperidine rings is 1. The zero-order valence-corrected chi connectivity index (χ0v) is 12.7. The van der Waals surface area contributed by atoms with Crippen molar-refractivity contribution >= 4 is 11.6 Å². The van der Waals surface area contributed by atoms with Gasteiger partial charge in [-0.15, -0.1) is 10.2 Å². The Morgan fingerprint density at radius 1 is 1.27 bits per heavy atom. The van der Waals surface area contributed by atoms with E-state index in [1.54, 1.807) is 6.92 Å². The maximum Gasteiger partial charge on any atom is 0.230 e. The number of aryl methyl sites for hydroxylation is 1. The van der Waals surface area contributed by atoms with Crippen LogP contribution in [0.4, 0.5) is 5.69 Å². The fourth-order valence-corrected chi connectivity index (χ4v) is 2.71. The summed E-state index contributed by atoms with van der Waals surface area (Å²) in [5, 5.41) is 10.8. The third-order valence-electron chi connectivity index (χ3n) is 3.93. The van der Waals surface area contributed by atoms with Gasteiger partial charge in [0.05, 0.1) is 6.54 Å². The van der Waals surface area contributed by atoms with Gasteiger partial charge in [-0.1, -0.05) is 18.2 Å². The Labute approximate surface area is 129 Å². The third kappa shape index (κ3) is 3.71. The van der Waals surface area contributed by atoms with Crippen LogP contribution in [0.1, 0.15) is 24.6 Å². The predicted octanol–water partition coefficient (Wildman–Crippen LogP) is 2.23. The molecule has 1 N–H and O–H groups in total. The van der Waals surface area contributed by atoms with Crippen LogP contribution in [0.2, 0.25) is 0 Å². The Bertz CT molecular complexity index is 618. The number of hydrogen-bond acceptors (Lipinski definition) is 5. The molecule has 3 rings (SSSR count). The molecule has 6 nitrogen and oxygen atoms in total. The van der Waals surface area contributed by atoms with Crippen LogP contribution in [0.5, 0.6) is 0 Å². The highest BCUT2D eigenvalue weighted by Gasteiger charge is 2.25. The second kappa shape index (κ2) is 6.70. The zero-order valence-electron chi connectivity index (χ0n) is 12.7. The molecule has 1 aromatic carbocycles. The number of aromatic nitrogens is 2. The molecule has 1 amide bonds. The first kappa shape index (κ1) is 14.7. The molecule has 0 spiro atoms. The molecular formula is C16H20N4O2. The van der Waals surface area contributed by atoms with E-state index in [1.807, 2.05) is 30.3 Å². The largest absolute Gasteiger partial charge is 0.424 e. The number of nitrogens with one attached hydrogen (secondary N) is 1. The van der Waals surface area contributed by atoms with E-state index in [0.29, 0.717) is 18.3 Å². The molecule has 1 aromatic heterocycles. The van der Waals surface area contributed by atoms with Gasteiger partial charge in [0.1, 0.15) is 0 Å². The summed E-state index contributed by atoms with van der Waals surface area (Å²) in [7, 11) is 0. The van der Waals surface area contributed by atoms with Gasteiger partial charge in [0.25, 0.3) is 0 Å². The number of anilines is 1. The maximum absolute atomic E-state index is 12.3. The van der Waals surface area contributed by atoms with Gasteiger partial charge < -0.3 is 9.73 Å². The summed E-state index contributed by atoms with van der Waals surface area (Å²) < 4.78 is 5.40. The van der Waals surface area contributed by atoms with E-state index in [9.17, 15) is 4.79 Å². The average molecular weight is 300 g/mol. The molecule has 0 aliphatic carbocycles. The normalized spacial score (nSPS) is 16.6. The van der Waals surface area contributed by atoms with E-state index in [-0.39, 0.29) is 11.8 Å². The van der Waals surface area contributed by atoms with E-state index >= 15 is 0 Å². The first-order valence-corrected chi connectivity index (χ1v) is 7.58. The number of rotatable bonds is 4. The monoisotopic (exact) mass is 300 g/mol. The first-order chi connectivity index (χ1) is 10.7. The highest BCUT2D eigenvalue weighted by Crippen LogP contribution is 2.20. The molecule has 0 saturated carbocycles. The number of nitrogens with zero attached hydrogens (tertiary/aromatic N) is 3. The summed E-state index contributed by atoms with van der Waals surface area (Å²) in [5.41, 5.74) is 0.858. The lowest BCUT2D eigenvalue weighted by atomic mass is 9.96. The van der Waals surface area contributed by atoms with Gasteiger partial charge in [0.2, 0.25) is 17.7 Å². The van der Waals surface area contributed by atoms with Crippen LogP contribution in [-0.4, -0.2) is 34.1 Å². The molecule has 116 valence electrons. The van der Waals surface area contributed by atoms with Crippen molar-refractivity contribution in [2.24, 2.45) is 5.92 Å². The molecule has 1 aliphatic rings. The lowest BCUT2D eigenvalue weighted by Gasteiger charge is -2.30. The minimum atomic E-state index is 0.0703. The predicted molar refractivity (Wildman–Crippen MR) is 82.1 cm³/mol. The third-order valence-corrected chi connectivity index (χ3v) is 3.93. The van der Waals surface area contributed by atoms with Crippen molar-refractivity contribution in [1.29, 1.82) is 0 Å². The molecule has 22 heavy (non-hydrogen) atoms. The highest BCUT2D eigenvalue weighted by atomic mass is 16.4. The topological polar surface area (TPSA) is 71.3 Å². The summed E-state index contributed by atoms with van der Waals surface area (Å²) in [4.78, 5) is 14.5. The molecule has 2 heterocycles. The fraction of sp³-hybridized carbons (Fsp3) is 0.438. The summed E-state index contributed by atoms with van der Waals surface area (Å²) in [6.07, 6.45) is 1.71. The highest BCUT2D eigenvalue weighted by molar-refractivity contribution is 5.92. The Morgan fingerprint density at radius 3 is 2.64 bits per heavy atom. The van der Waals surface area contributed by atoms with E-state index < -0.39 is 0 Å². The van der Waals surface area contributed by atoms with Gasteiger partial charge >= 0.3 is 0 Å². The standard InChI is InChI=1S/C16H20N4O2/c1-12-18-19-15(22-12)11-20-9-7-13(8-10-20)16(21)17-14-5-3-2-4-6-14/h2-6,13H,7-11H2,1H3,(H,17,21). The van der Waals surface area contributed by atoms with E-state index in [0.717, 1.165) is 31.6 Å². The van der Waals surface area contributed by atoms with Gasteiger partial charge in [-0.05, 0) is 38.1 Å². The van der Waals surface area contributed by atoms with Crippen LogP contribution < -0.4 is 5.32 Å². The molecule has 1 fully saturated rings. The molecule has 6 heteroatoms. The Kier molecular flexibility index (Phi) is 4.48. The first-order valence-electron chi connectivity index (χ1n) is 7.58. The number of benzene rings is 1. The van der Waals surface area contributed by atoms with Crippen molar-refractivity contribution < 1.29 is 9.21 Å². The molecule has 0 bridgehead atoms. The molecular weight excluding hydrogens is 280 g/mol. The second-order valence-corrected chi connectivity index (χ2v) is 5.62. The van der Waals surface area contributed by atoms with Crippen LogP contribution in [0.15, 0.2) is 34.7 Å². The minimum absolute atomic E-state index is 0.0703. The fourth-order valence-electron chi connectivity index (χ4n) is 2.71. The van der Waals surface area contributed by atoms with Crippen LogP contribution >= 0.6 is 0 Å². The van der Waals surface area contributed by atoms with Crippen molar-refractivity contribution in [3.8, 4) is 0 Å². The second-order valence-electron chi connectivity index (χ2n) is 5.62. The van der Waals surface area contributed by atoms with Gasteiger partial charge in [0.15, 0.2) is 0 Å². The summed E-state index contributed by atoms with van der Waals surface area (Å²) >= 11 is 0. The SMILES string of the molecule is Cc1nnc(CN2CCC(C(=O)Nc3ccccc3)CC2)o1.